The minimum absolute atomic E-state index is 0.223. The van der Waals surface area contributed by atoms with E-state index in [1.54, 1.807) is 6.92 Å². The van der Waals surface area contributed by atoms with Gasteiger partial charge in [-0.1, -0.05) is 35.0 Å². The number of anilines is 2. The molecular formula is C11H10Cl2N4OS2. The summed E-state index contributed by atoms with van der Waals surface area (Å²) in [6.07, 6.45) is 1.45. The molecule has 2 aromatic rings. The van der Waals surface area contributed by atoms with Crippen molar-refractivity contribution in [3.05, 3.63) is 28.5 Å². The van der Waals surface area contributed by atoms with Crippen LogP contribution < -0.4 is 11.1 Å². The molecule has 1 atom stereocenters. The van der Waals surface area contributed by atoms with Crippen LogP contribution in [0.25, 0.3) is 0 Å². The first-order valence-electron chi connectivity index (χ1n) is 5.46. The van der Waals surface area contributed by atoms with Crippen molar-refractivity contribution in [2.75, 3.05) is 11.1 Å². The highest BCUT2D eigenvalue weighted by atomic mass is 35.5. The highest BCUT2D eigenvalue weighted by Crippen LogP contribution is 2.33. The summed E-state index contributed by atoms with van der Waals surface area (Å²) in [5.74, 6) is -0.223. The third-order valence-electron chi connectivity index (χ3n) is 2.30. The lowest BCUT2D eigenvalue weighted by Gasteiger charge is -2.13. The number of nitrogens with one attached hydrogen (secondary N) is 1. The lowest BCUT2D eigenvalue weighted by Crippen LogP contribution is -2.22. The molecule has 0 bridgehead atoms. The maximum Gasteiger partial charge on any atom is 0.237 e. The molecule has 106 valence electrons. The van der Waals surface area contributed by atoms with E-state index in [1.165, 1.54) is 41.8 Å². The van der Waals surface area contributed by atoms with Gasteiger partial charge >= 0.3 is 0 Å². The van der Waals surface area contributed by atoms with Gasteiger partial charge in [-0.2, -0.15) is 4.37 Å². The van der Waals surface area contributed by atoms with Gasteiger partial charge in [-0.05, 0) is 30.6 Å². The van der Waals surface area contributed by atoms with Gasteiger partial charge in [0.15, 0.2) is 4.34 Å². The molecule has 0 aliphatic heterocycles. The molecule has 1 unspecified atom stereocenters. The fourth-order valence-corrected chi connectivity index (χ4v) is 3.54. The van der Waals surface area contributed by atoms with Crippen LogP contribution in [-0.4, -0.2) is 20.5 Å². The van der Waals surface area contributed by atoms with Crippen molar-refractivity contribution in [3.8, 4) is 0 Å². The van der Waals surface area contributed by atoms with Gasteiger partial charge in [0.2, 0.25) is 5.91 Å². The minimum Gasteiger partial charge on any atom is -0.399 e. The summed E-state index contributed by atoms with van der Waals surface area (Å²) in [7, 11) is 0. The molecule has 0 aliphatic carbocycles. The summed E-state index contributed by atoms with van der Waals surface area (Å²) in [5.41, 5.74) is 6.41. The Labute approximate surface area is 134 Å². The SMILES string of the molecule is CC(Sc1ncns1)C(=O)Nc1c(Cl)cc(N)cc1Cl. The summed E-state index contributed by atoms with van der Waals surface area (Å²) in [6.45, 7) is 1.76. The first kappa shape index (κ1) is 15.4. The van der Waals surface area contributed by atoms with Crippen molar-refractivity contribution < 1.29 is 4.79 Å². The zero-order valence-electron chi connectivity index (χ0n) is 10.3. The Morgan fingerprint density at radius 2 is 2.10 bits per heavy atom. The highest BCUT2D eigenvalue weighted by molar-refractivity contribution is 8.02. The fourth-order valence-electron chi connectivity index (χ4n) is 1.36. The van der Waals surface area contributed by atoms with E-state index in [4.69, 9.17) is 28.9 Å². The van der Waals surface area contributed by atoms with E-state index in [9.17, 15) is 4.79 Å². The second-order valence-corrected chi connectivity index (χ2v) is 7.00. The maximum atomic E-state index is 12.1. The largest absolute Gasteiger partial charge is 0.399 e. The number of hydrogen-bond acceptors (Lipinski definition) is 6. The normalized spacial score (nSPS) is 12.2. The van der Waals surface area contributed by atoms with Crippen molar-refractivity contribution >= 4 is 63.8 Å². The Kier molecular flexibility index (Phi) is 5.09. The van der Waals surface area contributed by atoms with Crippen LogP contribution in [0.5, 0.6) is 0 Å². The monoisotopic (exact) mass is 348 g/mol. The van der Waals surface area contributed by atoms with Crippen LogP contribution in [0.2, 0.25) is 10.0 Å². The number of rotatable bonds is 4. The first-order chi connectivity index (χ1) is 9.47. The molecule has 0 radical (unpaired) electrons. The lowest BCUT2D eigenvalue weighted by molar-refractivity contribution is -0.115. The van der Waals surface area contributed by atoms with Crippen LogP contribution in [0.15, 0.2) is 22.8 Å². The number of nitrogen functional groups attached to an aromatic ring is 1. The molecule has 1 aromatic heterocycles. The molecule has 0 aliphatic rings. The first-order valence-corrected chi connectivity index (χ1v) is 7.87. The van der Waals surface area contributed by atoms with E-state index in [1.807, 2.05) is 0 Å². The Morgan fingerprint density at radius 3 is 2.65 bits per heavy atom. The molecular weight excluding hydrogens is 339 g/mol. The summed E-state index contributed by atoms with van der Waals surface area (Å²) in [4.78, 5) is 16.1. The van der Waals surface area contributed by atoms with E-state index in [0.717, 1.165) is 4.34 Å². The smallest absolute Gasteiger partial charge is 0.237 e. The zero-order chi connectivity index (χ0) is 14.7. The van der Waals surface area contributed by atoms with Gasteiger partial charge in [0.1, 0.15) is 6.33 Å². The van der Waals surface area contributed by atoms with Gasteiger partial charge in [0, 0.05) is 5.69 Å². The van der Waals surface area contributed by atoms with Gasteiger partial charge in [0.25, 0.3) is 0 Å². The van der Waals surface area contributed by atoms with E-state index in [2.05, 4.69) is 14.7 Å². The average Bonchev–Trinajstić information content (AvgIpc) is 2.86. The lowest BCUT2D eigenvalue weighted by atomic mass is 10.2. The van der Waals surface area contributed by atoms with Gasteiger partial charge in [-0.3, -0.25) is 4.79 Å². The predicted molar refractivity (Wildman–Crippen MR) is 84.7 cm³/mol. The van der Waals surface area contributed by atoms with E-state index >= 15 is 0 Å². The molecule has 9 heteroatoms. The Hall–Kier alpha value is -1.02. The van der Waals surface area contributed by atoms with E-state index in [-0.39, 0.29) is 11.2 Å². The molecule has 2 rings (SSSR count). The number of carbonyl (C=O) groups is 1. The number of thioether (sulfide) groups is 1. The summed E-state index contributed by atoms with van der Waals surface area (Å²) in [6, 6.07) is 3.07. The minimum atomic E-state index is -0.354. The fraction of sp³-hybridized carbons (Fsp3) is 0.182. The van der Waals surface area contributed by atoms with E-state index in [0.29, 0.717) is 21.4 Å². The maximum absolute atomic E-state index is 12.1. The summed E-state index contributed by atoms with van der Waals surface area (Å²) >= 11 is 14.6. The van der Waals surface area contributed by atoms with Gasteiger partial charge in [-0.25, -0.2) is 4.98 Å². The van der Waals surface area contributed by atoms with E-state index < -0.39 is 0 Å². The average molecular weight is 349 g/mol. The number of aromatic nitrogens is 2. The van der Waals surface area contributed by atoms with Crippen molar-refractivity contribution in [1.29, 1.82) is 0 Å². The van der Waals surface area contributed by atoms with Crippen LogP contribution in [0, 0.1) is 0 Å². The molecule has 20 heavy (non-hydrogen) atoms. The van der Waals surface area contributed by atoms with Crippen LogP contribution in [0.3, 0.4) is 0 Å². The molecule has 0 fully saturated rings. The molecule has 1 aromatic carbocycles. The Morgan fingerprint density at radius 1 is 1.45 bits per heavy atom. The predicted octanol–water partition coefficient (Wildman–Crippen LogP) is 3.55. The third-order valence-corrected chi connectivity index (χ3v) is 4.74. The quantitative estimate of drug-likeness (QED) is 0.652. The van der Waals surface area contributed by atoms with Crippen molar-refractivity contribution in [1.82, 2.24) is 9.36 Å². The highest BCUT2D eigenvalue weighted by Gasteiger charge is 2.18. The Balaban J connectivity index is 2.08. The number of benzene rings is 1. The molecule has 1 heterocycles. The third kappa shape index (κ3) is 3.76. The summed E-state index contributed by atoms with van der Waals surface area (Å²) in [5, 5.41) is 2.95. The molecule has 0 saturated carbocycles. The number of nitrogens with zero attached hydrogens (tertiary/aromatic N) is 2. The van der Waals surface area contributed by atoms with Gasteiger partial charge in [-0.15, -0.1) is 0 Å². The molecule has 1 amide bonds. The topological polar surface area (TPSA) is 80.9 Å². The second kappa shape index (κ2) is 6.62. The van der Waals surface area contributed by atoms with Crippen LogP contribution >= 0.6 is 46.5 Å². The molecule has 3 N–H and O–H groups in total. The standard InChI is InChI=1S/C11H10Cl2N4OS2/c1-5(19-11-15-4-16-20-11)10(18)17-9-7(12)2-6(14)3-8(9)13/h2-5H,14H2,1H3,(H,17,18). The van der Waals surface area contributed by atoms with Gasteiger partial charge in [0.05, 0.1) is 21.0 Å². The zero-order valence-corrected chi connectivity index (χ0v) is 13.4. The van der Waals surface area contributed by atoms with Crippen molar-refractivity contribution in [2.24, 2.45) is 0 Å². The molecule has 0 spiro atoms. The summed E-state index contributed by atoms with van der Waals surface area (Å²) < 4.78 is 4.60. The number of nitrogens with two attached hydrogens (primary N) is 1. The molecule has 5 nitrogen and oxygen atoms in total. The van der Waals surface area contributed by atoms with Gasteiger partial charge < -0.3 is 11.1 Å². The van der Waals surface area contributed by atoms with Crippen LogP contribution in [-0.2, 0) is 4.79 Å². The van der Waals surface area contributed by atoms with Crippen LogP contribution in [0.4, 0.5) is 11.4 Å². The number of halogens is 2. The van der Waals surface area contributed by atoms with Crippen molar-refractivity contribution in [3.63, 3.8) is 0 Å². The second-order valence-electron chi connectivity index (χ2n) is 3.82. The molecule has 0 saturated heterocycles. The van der Waals surface area contributed by atoms with Crippen LogP contribution in [0.1, 0.15) is 6.92 Å². The van der Waals surface area contributed by atoms with Crippen molar-refractivity contribution in [2.45, 2.75) is 16.5 Å². The number of hydrogen-bond donors (Lipinski definition) is 2. The number of amides is 1. The Bertz CT molecular complexity index is 598. The number of carbonyl (C=O) groups excluding carboxylic acids is 1.